The van der Waals surface area contributed by atoms with Gasteiger partial charge in [0.15, 0.2) is 5.00 Å². The van der Waals surface area contributed by atoms with Crippen LogP contribution in [0, 0.1) is 10.1 Å². The second-order valence-corrected chi connectivity index (χ2v) is 8.37. The number of β-amino-alcohol motifs (C(OH)–C–C–N with tert-alkyl or cyclic N) is 1. The molecule has 1 aliphatic rings. The molecule has 1 fully saturated rings. The lowest BCUT2D eigenvalue weighted by Crippen LogP contribution is -2.33. The molecule has 1 aliphatic heterocycles. The normalized spacial score (nSPS) is 23.4. The van der Waals surface area contributed by atoms with Crippen molar-refractivity contribution >= 4 is 32.0 Å². The van der Waals surface area contributed by atoms with Crippen LogP contribution in [0.15, 0.2) is 10.3 Å². The summed E-state index contributed by atoms with van der Waals surface area (Å²) in [7, 11) is -3.82. The Morgan fingerprint density at radius 2 is 2.29 bits per heavy atom. The molecule has 0 aliphatic carbocycles. The molecule has 2 heterocycles. The highest BCUT2D eigenvalue weighted by Gasteiger charge is 2.40. The van der Waals surface area contributed by atoms with Crippen LogP contribution < -0.4 is 5.32 Å². The minimum absolute atomic E-state index is 0.00241. The minimum atomic E-state index is -3.82. The number of hydrogen-bond donors (Lipinski definition) is 2. The maximum atomic E-state index is 12.5. The molecule has 118 valence electrons. The van der Waals surface area contributed by atoms with Crippen LogP contribution in [0.25, 0.3) is 0 Å². The molecule has 2 N–H and O–H groups in total. The van der Waals surface area contributed by atoms with Crippen LogP contribution >= 0.6 is 11.3 Å². The summed E-state index contributed by atoms with van der Waals surface area (Å²) in [6.45, 7) is 4.01. The fourth-order valence-electron chi connectivity index (χ4n) is 2.15. The van der Waals surface area contributed by atoms with Crippen molar-refractivity contribution in [3.05, 3.63) is 16.2 Å². The third-order valence-corrected chi connectivity index (χ3v) is 6.61. The van der Waals surface area contributed by atoms with Gasteiger partial charge in [0.1, 0.15) is 4.21 Å². The quantitative estimate of drug-likeness (QED) is 0.618. The lowest BCUT2D eigenvalue weighted by Gasteiger charge is -2.17. The third kappa shape index (κ3) is 3.18. The van der Waals surface area contributed by atoms with E-state index in [-0.39, 0.29) is 28.0 Å². The molecule has 8 nitrogen and oxygen atoms in total. The number of thiophene rings is 1. The number of anilines is 1. The maximum absolute atomic E-state index is 12.5. The van der Waals surface area contributed by atoms with Gasteiger partial charge in [-0.1, -0.05) is 11.3 Å². The van der Waals surface area contributed by atoms with Gasteiger partial charge in [-0.05, 0) is 20.3 Å². The molecule has 0 bridgehead atoms. The number of nitrogens with one attached hydrogen (secondary N) is 1. The average molecular weight is 335 g/mol. The van der Waals surface area contributed by atoms with Crippen LogP contribution in [-0.2, 0) is 10.0 Å². The molecule has 1 atom stereocenters. The Labute approximate surface area is 126 Å². The number of nitrogens with zero attached hydrogens (tertiary/aromatic N) is 2. The molecular weight excluding hydrogens is 318 g/mol. The molecule has 1 aromatic rings. The van der Waals surface area contributed by atoms with E-state index in [1.54, 1.807) is 13.8 Å². The highest BCUT2D eigenvalue weighted by molar-refractivity contribution is 7.91. The Hall–Kier alpha value is -1.23. The Morgan fingerprint density at radius 3 is 2.76 bits per heavy atom. The first-order chi connectivity index (χ1) is 9.67. The molecule has 0 saturated carbocycles. The van der Waals surface area contributed by atoms with E-state index in [0.717, 1.165) is 21.7 Å². The molecule has 1 aromatic heterocycles. The summed E-state index contributed by atoms with van der Waals surface area (Å²) in [5.74, 6) is 0. The zero-order valence-electron chi connectivity index (χ0n) is 11.7. The Balaban J connectivity index is 2.37. The number of rotatable bonds is 5. The van der Waals surface area contributed by atoms with Gasteiger partial charge in [-0.25, -0.2) is 8.42 Å². The Bertz CT molecular complexity index is 653. The number of hydrogen-bond acceptors (Lipinski definition) is 7. The van der Waals surface area contributed by atoms with E-state index < -0.39 is 20.5 Å². The van der Waals surface area contributed by atoms with E-state index in [1.807, 2.05) is 0 Å². The molecular formula is C11H17N3O5S2. The van der Waals surface area contributed by atoms with Crippen LogP contribution in [0.5, 0.6) is 0 Å². The highest BCUT2D eigenvalue weighted by Crippen LogP contribution is 2.39. The van der Waals surface area contributed by atoms with E-state index in [0.29, 0.717) is 13.0 Å². The van der Waals surface area contributed by atoms with Gasteiger partial charge in [0.2, 0.25) is 0 Å². The number of sulfonamides is 1. The molecule has 0 amide bonds. The molecule has 0 radical (unpaired) electrons. The van der Waals surface area contributed by atoms with Crippen LogP contribution in [0.2, 0.25) is 0 Å². The van der Waals surface area contributed by atoms with Crippen molar-refractivity contribution in [2.24, 2.45) is 0 Å². The van der Waals surface area contributed by atoms with Crippen molar-refractivity contribution in [2.75, 3.05) is 25.0 Å². The lowest BCUT2D eigenvalue weighted by molar-refractivity contribution is -0.383. The fraction of sp³-hybridized carbons (Fsp3) is 0.636. The largest absolute Gasteiger partial charge is 0.389 e. The van der Waals surface area contributed by atoms with Gasteiger partial charge in [0, 0.05) is 25.7 Å². The molecule has 10 heteroatoms. The van der Waals surface area contributed by atoms with Gasteiger partial charge < -0.3 is 10.4 Å². The van der Waals surface area contributed by atoms with Crippen molar-refractivity contribution < 1.29 is 18.4 Å². The topological polar surface area (TPSA) is 113 Å². The average Bonchev–Trinajstić information content (AvgIpc) is 2.94. The van der Waals surface area contributed by atoms with E-state index in [1.165, 1.54) is 0 Å². The van der Waals surface area contributed by atoms with Crippen LogP contribution in [0.1, 0.15) is 20.3 Å². The molecule has 0 spiro atoms. The zero-order chi connectivity index (χ0) is 15.8. The predicted octanol–water partition coefficient (Wildman–Crippen LogP) is 1.23. The van der Waals surface area contributed by atoms with Gasteiger partial charge in [0.25, 0.3) is 10.0 Å². The van der Waals surface area contributed by atoms with E-state index in [2.05, 4.69) is 5.32 Å². The third-order valence-electron chi connectivity index (χ3n) is 3.23. The number of aliphatic hydroxyl groups is 1. The van der Waals surface area contributed by atoms with Gasteiger partial charge in [-0.2, -0.15) is 4.31 Å². The Kier molecular flexibility index (Phi) is 4.24. The summed E-state index contributed by atoms with van der Waals surface area (Å²) in [5.41, 5.74) is -1.30. The second kappa shape index (κ2) is 5.52. The molecule has 2 rings (SSSR count). The second-order valence-electron chi connectivity index (χ2n) is 5.15. The van der Waals surface area contributed by atoms with Crippen molar-refractivity contribution in [2.45, 2.75) is 30.1 Å². The summed E-state index contributed by atoms with van der Waals surface area (Å²) in [4.78, 5) is 10.4. The Morgan fingerprint density at radius 1 is 1.62 bits per heavy atom. The summed E-state index contributed by atoms with van der Waals surface area (Å²) in [6.07, 6.45) is 0.347. The van der Waals surface area contributed by atoms with Crippen molar-refractivity contribution in [1.29, 1.82) is 0 Å². The number of nitro groups is 1. The maximum Gasteiger partial charge on any atom is 0.304 e. The van der Waals surface area contributed by atoms with E-state index in [4.69, 9.17) is 0 Å². The summed E-state index contributed by atoms with van der Waals surface area (Å²) >= 11 is 0.842. The smallest absolute Gasteiger partial charge is 0.304 e. The van der Waals surface area contributed by atoms with Crippen LogP contribution in [0.3, 0.4) is 0 Å². The fourth-order valence-corrected chi connectivity index (χ4v) is 5.25. The lowest BCUT2D eigenvalue weighted by atomic mass is 10.1. The first-order valence-electron chi connectivity index (χ1n) is 6.42. The molecule has 1 unspecified atom stereocenters. The van der Waals surface area contributed by atoms with Crippen molar-refractivity contribution in [1.82, 2.24) is 4.31 Å². The van der Waals surface area contributed by atoms with E-state index in [9.17, 15) is 23.6 Å². The molecule has 1 saturated heterocycles. The first-order valence-corrected chi connectivity index (χ1v) is 8.67. The predicted molar refractivity (Wildman–Crippen MR) is 79.1 cm³/mol. The first kappa shape index (κ1) is 16.1. The van der Waals surface area contributed by atoms with Crippen LogP contribution in [-0.4, -0.2) is 48.0 Å². The van der Waals surface area contributed by atoms with Crippen molar-refractivity contribution in [3.8, 4) is 0 Å². The van der Waals surface area contributed by atoms with Gasteiger partial charge in [0.05, 0.1) is 10.5 Å². The summed E-state index contributed by atoms with van der Waals surface area (Å²) < 4.78 is 26.1. The minimum Gasteiger partial charge on any atom is -0.389 e. The molecule has 0 aromatic carbocycles. The SMILES string of the molecule is CCNc1sc(S(=O)(=O)N2CCC(C)(O)C2)cc1[N+](=O)[O-]. The standard InChI is InChI=1S/C11H17N3O5S2/c1-3-12-10-8(14(16)17)6-9(20-10)21(18,19)13-5-4-11(2,15)7-13/h6,12,15H,3-5,7H2,1-2H3. The van der Waals surface area contributed by atoms with Gasteiger partial charge in [-0.15, -0.1) is 0 Å². The van der Waals surface area contributed by atoms with Gasteiger partial charge in [-0.3, -0.25) is 10.1 Å². The highest BCUT2D eigenvalue weighted by atomic mass is 32.2. The summed E-state index contributed by atoms with van der Waals surface area (Å²) in [5, 5.41) is 23.9. The van der Waals surface area contributed by atoms with Crippen molar-refractivity contribution in [3.63, 3.8) is 0 Å². The van der Waals surface area contributed by atoms with E-state index >= 15 is 0 Å². The molecule has 21 heavy (non-hydrogen) atoms. The van der Waals surface area contributed by atoms with Crippen LogP contribution in [0.4, 0.5) is 10.7 Å². The monoisotopic (exact) mass is 335 g/mol. The zero-order valence-corrected chi connectivity index (χ0v) is 13.3. The van der Waals surface area contributed by atoms with Gasteiger partial charge >= 0.3 is 5.69 Å². The summed E-state index contributed by atoms with van der Waals surface area (Å²) in [6, 6.07) is 1.07.